The molecule has 1 aliphatic carbocycles. The van der Waals surface area contributed by atoms with Gasteiger partial charge in [-0.25, -0.2) is 13.2 Å². The summed E-state index contributed by atoms with van der Waals surface area (Å²) >= 11 is 0. The van der Waals surface area contributed by atoms with E-state index in [0.717, 1.165) is 31.1 Å². The van der Waals surface area contributed by atoms with E-state index in [2.05, 4.69) is 21.4 Å². The van der Waals surface area contributed by atoms with Gasteiger partial charge in [0.05, 0.1) is 11.9 Å². The van der Waals surface area contributed by atoms with Crippen LogP contribution >= 0.6 is 0 Å². The minimum absolute atomic E-state index is 0.286. The lowest BCUT2D eigenvalue weighted by Gasteiger charge is -2.14. The van der Waals surface area contributed by atoms with Crippen molar-refractivity contribution in [2.75, 3.05) is 22.8 Å². The topological polar surface area (TPSA) is 87.3 Å². The third-order valence-electron chi connectivity index (χ3n) is 3.91. The lowest BCUT2D eigenvalue weighted by atomic mass is 9.97. The van der Waals surface area contributed by atoms with E-state index >= 15 is 0 Å². The summed E-state index contributed by atoms with van der Waals surface area (Å²) in [6.45, 7) is 2.45. The van der Waals surface area contributed by atoms with Crippen molar-refractivity contribution >= 4 is 27.4 Å². The average molecular weight is 351 g/mol. The third-order valence-corrected chi connectivity index (χ3v) is 4.51. The molecular weight excluding hydrogens is 326 g/mol. The largest absolute Gasteiger partial charge is 0.338 e. The van der Waals surface area contributed by atoms with Crippen LogP contribution in [0, 0.1) is 6.92 Å². The lowest BCUT2D eigenvalue weighted by molar-refractivity contribution is 0.252. The van der Waals surface area contributed by atoms with Gasteiger partial charge in [0.1, 0.15) is 0 Å². The maximum Gasteiger partial charge on any atom is 0.319 e. The monoisotopic (exact) mass is 351 g/mol. The van der Waals surface area contributed by atoms with Crippen molar-refractivity contribution in [2.45, 2.75) is 39.0 Å². The second-order valence-electron chi connectivity index (χ2n) is 6.14. The molecular formula is C17H25N3O3S. The summed E-state index contributed by atoms with van der Waals surface area (Å²) in [7, 11) is -3.35. The Bertz CT molecular complexity index is 727. The number of nitrogens with one attached hydrogen (secondary N) is 3. The number of carbonyl (C=O) groups is 1. The zero-order valence-electron chi connectivity index (χ0n) is 14.2. The van der Waals surface area contributed by atoms with Gasteiger partial charge in [-0.05, 0) is 56.7 Å². The molecule has 0 fully saturated rings. The number of aryl methyl sites for hydroxylation is 1. The maximum absolute atomic E-state index is 12.0. The van der Waals surface area contributed by atoms with Crippen molar-refractivity contribution in [2.24, 2.45) is 0 Å². The lowest BCUT2D eigenvalue weighted by Crippen LogP contribution is -2.30. The molecule has 1 aromatic rings. The number of rotatable bonds is 6. The van der Waals surface area contributed by atoms with Gasteiger partial charge in [0.25, 0.3) is 0 Å². The number of carbonyl (C=O) groups excluding carboxylic acids is 1. The molecule has 3 N–H and O–H groups in total. The van der Waals surface area contributed by atoms with Crippen LogP contribution in [0.25, 0.3) is 0 Å². The van der Waals surface area contributed by atoms with Gasteiger partial charge >= 0.3 is 6.03 Å². The van der Waals surface area contributed by atoms with Gasteiger partial charge in [-0.1, -0.05) is 17.7 Å². The van der Waals surface area contributed by atoms with E-state index in [1.807, 2.05) is 6.92 Å². The number of hydrogen-bond acceptors (Lipinski definition) is 3. The van der Waals surface area contributed by atoms with E-state index in [-0.39, 0.29) is 6.03 Å². The number of allylic oxidation sites excluding steroid dienone is 1. The van der Waals surface area contributed by atoms with Gasteiger partial charge in [0.2, 0.25) is 10.0 Å². The molecule has 1 aliphatic rings. The highest BCUT2D eigenvalue weighted by molar-refractivity contribution is 7.92. The standard InChI is InChI=1S/C17H25N3O3S/c1-13-8-9-15(20-24(2,22)23)12-16(13)19-17(21)18-11-10-14-6-4-3-5-7-14/h6,8-9,12,20H,3-5,7,10-11H2,1-2H3,(H2,18,19,21). The molecule has 0 saturated heterocycles. The summed E-state index contributed by atoms with van der Waals surface area (Å²) in [4.78, 5) is 12.0. The first-order valence-electron chi connectivity index (χ1n) is 8.15. The quantitative estimate of drug-likeness (QED) is 0.687. The maximum atomic E-state index is 12.0. The second kappa shape index (κ2) is 8.19. The van der Waals surface area contributed by atoms with E-state index < -0.39 is 10.0 Å². The molecule has 0 saturated carbocycles. The van der Waals surface area contributed by atoms with Gasteiger partial charge in [-0.2, -0.15) is 0 Å². The molecule has 7 heteroatoms. The highest BCUT2D eigenvalue weighted by Crippen LogP contribution is 2.21. The van der Waals surface area contributed by atoms with Crippen molar-refractivity contribution < 1.29 is 13.2 Å². The first-order chi connectivity index (χ1) is 11.3. The Morgan fingerprint density at radius 2 is 2.04 bits per heavy atom. The van der Waals surface area contributed by atoms with Crippen LogP contribution in [0.3, 0.4) is 0 Å². The number of hydrogen-bond donors (Lipinski definition) is 3. The summed E-state index contributed by atoms with van der Waals surface area (Å²) in [6, 6.07) is 4.75. The Morgan fingerprint density at radius 3 is 2.71 bits per heavy atom. The van der Waals surface area contributed by atoms with Crippen LogP contribution in [0.15, 0.2) is 29.8 Å². The van der Waals surface area contributed by atoms with Crippen LogP contribution in [0.5, 0.6) is 0 Å². The predicted molar refractivity (Wildman–Crippen MR) is 97.8 cm³/mol. The molecule has 6 nitrogen and oxygen atoms in total. The number of anilines is 2. The summed E-state index contributed by atoms with van der Waals surface area (Å²) in [6.07, 6.45) is 9.00. The fraction of sp³-hybridized carbons (Fsp3) is 0.471. The second-order valence-corrected chi connectivity index (χ2v) is 7.89. The Hall–Kier alpha value is -2.02. The van der Waals surface area contributed by atoms with Crippen LogP contribution in [-0.4, -0.2) is 27.2 Å². The summed E-state index contributed by atoms with van der Waals surface area (Å²) in [5.74, 6) is 0. The molecule has 0 atom stereocenters. The number of amides is 2. The molecule has 0 aromatic heterocycles. The molecule has 0 heterocycles. The highest BCUT2D eigenvalue weighted by atomic mass is 32.2. The third kappa shape index (κ3) is 6.23. The van der Waals surface area contributed by atoms with Crippen LogP contribution in [-0.2, 0) is 10.0 Å². The molecule has 2 amide bonds. The SMILES string of the molecule is Cc1ccc(NS(C)(=O)=O)cc1NC(=O)NCCC1=CCCCC1. The van der Waals surface area contributed by atoms with E-state index in [1.54, 1.807) is 18.2 Å². The van der Waals surface area contributed by atoms with E-state index in [4.69, 9.17) is 0 Å². The van der Waals surface area contributed by atoms with E-state index in [1.165, 1.54) is 18.4 Å². The number of benzene rings is 1. The van der Waals surface area contributed by atoms with Crippen molar-refractivity contribution in [3.8, 4) is 0 Å². The van der Waals surface area contributed by atoms with Crippen LogP contribution < -0.4 is 15.4 Å². The molecule has 0 radical (unpaired) electrons. The fourth-order valence-corrected chi connectivity index (χ4v) is 3.22. The average Bonchev–Trinajstić information content (AvgIpc) is 2.50. The van der Waals surface area contributed by atoms with Gasteiger partial charge in [0, 0.05) is 12.2 Å². The van der Waals surface area contributed by atoms with Crippen LogP contribution in [0.2, 0.25) is 0 Å². The first-order valence-corrected chi connectivity index (χ1v) is 10.0. The molecule has 0 unspecified atom stereocenters. The molecule has 2 rings (SSSR count). The molecule has 0 aliphatic heterocycles. The Kier molecular flexibility index (Phi) is 6.25. The predicted octanol–water partition coefficient (Wildman–Crippen LogP) is 3.38. The van der Waals surface area contributed by atoms with Crippen molar-refractivity contribution in [3.63, 3.8) is 0 Å². The van der Waals surface area contributed by atoms with Gasteiger partial charge < -0.3 is 10.6 Å². The van der Waals surface area contributed by atoms with Crippen molar-refractivity contribution in [1.29, 1.82) is 0 Å². The summed E-state index contributed by atoms with van der Waals surface area (Å²) < 4.78 is 25.0. The molecule has 0 bridgehead atoms. The smallest absolute Gasteiger partial charge is 0.319 e. The molecule has 0 spiro atoms. The summed E-state index contributed by atoms with van der Waals surface area (Å²) in [5, 5.41) is 5.61. The van der Waals surface area contributed by atoms with Gasteiger partial charge in [-0.3, -0.25) is 4.72 Å². The Labute approximate surface area is 143 Å². The van der Waals surface area contributed by atoms with Crippen molar-refractivity contribution in [3.05, 3.63) is 35.4 Å². The number of urea groups is 1. The van der Waals surface area contributed by atoms with Gasteiger partial charge in [0.15, 0.2) is 0 Å². The molecule has 1 aromatic carbocycles. The zero-order chi connectivity index (χ0) is 17.6. The van der Waals surface area contributed by atoms with Gasteiger partial charge in [-0.15, -0.1) is 0 Å². The minimum Gasteiger partial charge on any atom is -0.338 e. The highest BCUT2D eigenvalue weighted by Gasteiger charge is 2.09. The minimum atomic E-state index is -3.35. The zero-order valence-corrected chi connectivity index (χ0v) is 15.0. The Morgan fingerprint density at radius 1 is 1.25 bits per heavy atom. The molecule has 24 heavy (non-hydrogen) atoms. The van der Waals surface area contributed by atoms with E-state index in [0.29, 0.717) is 17.9 Å². The number of sulfonamides is 1. The van der Waals surface area contributed by atoms with E-state index in [9.17, 15) is 13.2 Å². The Balaban J connectivity index is 1.88. The van der Waals surface area contributed by atoms with Crippen molar-refractivity contribution in [1.82, 2.24) is 5.32 Å². The van der Waals surface area contributed by atoms with Crippen LogP contribution in [0.1, 0.15) is 37.7 Å². The summed E-state index contributed by atoms with van der Waals surface area (Å²) in [5.41, 5.74) is 3.28. The van der Waals surface area contributed by atoms with Crippen LogP contribution in [0.4, 0.5) is 16.2 Å². The first kappa shape index (κ1) is 18.3. The fourth-order valence-electron chi connectivity index (χ4n) is 2.67. The molecule has 132 valence electrons. The normalized spacial score (nSPS) is 14.7.